The van der Waals surface area contributed by atoms with Crippen LogP contribution in [0.1, 0.15) is 39.0 Å². The maximum atomic E-state index is 12.5. The monoisotopic (exact) mass is 295 g/mol. The van der Waals surface area contributed by atoms with Crippen LogP contribution in [-0.2, 0) is 9.53 Å². The number of ether oxygens (including phenoxy) is 1. The molecule has 3 atom stereocenters. The van der Waals surface area contributed by atoms with Gasteiger partial charge in [-0.2, -0.15) is 0 Å². The zero-order valence-electron chi connectivity index (χ0n) is 13.2. The Bertz CT molecular complexity index is 363. The summed E-state index contributed by atoms with van der Waals surface area (Å²) in [7, 11) is 0. The first-order valence-electron chi connectivity index (χ1n) is 8.65. The number of likely N-dealkylation sites (tertiary alicyclic amines) is 1. The van der Waals surface area contributed by atoms with Crippen LogP contribution in [0, 0.1) is 0 Å². The van der Waals surface area contributed by atoms with Crippen molar-refractivity contribution in [3.8, 4) is 0 Å². The Balaban J connectivity index is 1.50. The predicted molar refractivity (Wildman–Crippen MR) is 82.2 cm³/mol. The van der Waals surface area contributed by atoms with Crippen LogP contribution in [0.3, 0.4) is 0 Å². The second-order valence-electron chi connectivity index (χ2n) is 6.68. The zero-order valence-corrected chi connectivity index (χ0v) is 13.2. The van der Waals surface area contributed by atoms with Crippen molar-refractivity contribution in [3.63, 3.8) is 0 Å². The van der Waals surface area contributed by atoms with Crippen molar-refractivity contribution in [2.24, 2.45) is 0 Å². The van der Waals surface area contributed by atoms with Crippen LogP contribution in [-0.4, -0.2) is 73.2 Å². The topological polar surface area (TPSA) is 44.8 Å². The predicted octanol–water partition coefficient (Wildman–Crippen LogP) is 0.840. The van der Waals surface area contributed by atoms with E-state index in [9.17, 15) is 4.79 Å². The fraction of sp³-hybridized carbons (Fsp3) is 0.938. The number of hydrogen-bond acceptors (Lipinski definition) is 4. The molecule has 0 bridgehead atoms. The summed E-state index contributed by atoms with van der Waals surface area (Å²) in [5.41, 5.74) is 0. The van der Waals surface area contributed by atoms with Gasteiger partial charge in [-0.15, -0.1) is 0 Å². The number of nitrogens with one attached hydrogen (secondary N) is 1. The van der Waals surface area contributed by atoms with E-state index in [-0.39, 0.29) is 18.1 Å². The lowest BCUT2D eigenvalue weighted by Crippen LogP contribution is -2.56. The third-order valence-electron chi connectivity index (χ3n) is 5.06. The van der Waals surface area contributed by atoms with Crippen LogP contribution in [0.25, 0.3) is 0 Å². The molecule has 0 radical (unpaired) electrons. The van der Waals surface area contributed by atoms with Crippen molar-refractivity contribution in [1.29, 1.82) is 0 Å². The van der Waals surface area contributed by atoms with Crippen molar-refractivity contribution in [2.45, 2.75) is 57.2 Å². The van der Waals surface area contributed by atoms with Gasteiger partial charge in [0.25, 0.3) is 0 Å². The molecule has 3 aliphatic heterocycles. The number of hydrogen-bond donors (Lipinski definition) is 1. The molecule has 1 N–H and O–H groups in total. The smallest absolute Gasteiger partial charge is 0.239 e. The van der Waals surface area contributed by atoms with Crippen molar-refractivity contribution >= 4 is 5.91 Å². The van der Waals surface area contributed by atoms with E-state index in [1.165, 1.54) is 19.4 Å². The Morgan fingerprint density at radius 3 is 3.00 bits per heavy atom. The van der Waals surface area contributed by atoms with Gasteiger partial charge in [0.15, 0.2) is 0 Å². The maximum absolute atomic E-state index is 12.5. The quantitative estimate of drug-likeness (QED) is 0.816. The maximum Gasteiger partial charge on any atom is 0.239 e. The largest absolute Gasteiger partial charge is 0.373 e. The van der Waals surface area contributed by atoms with Gasteiger partial charge >= 0.3 is 0 Å². The first-order valence-corrected chi connectivity index (χ1v) is 8.65. The number of carbonyl (C=O) groups excluding carboxylic acids is 1. The first kappa shape index (κ1) is 15.3. The lowest BCUT2D eigenvalue weighted by atomic mass is 10.0. The molecule has 3 aliphatic rings. The normalized spacial score (nSPS) is 34.2. The van der Waals surface area contributed by atoms with E-state index in [4.69, 9.17) is 4.74 Å². The van der Waals surface area contributed by atoms with Gasteiger partial charge in [0.2, 0.25) is 5.91 Å². The minimum Gasteiger partial charge on any atom is -0.373 e. The van der Waals surface area contributed by atoms with Crippen LogP contribution < -0.4 is 5.32 Å². The summed E-state index contributed by atoms with van der Waals surface area (Å²) in [5.74, 6) is 0.279. The first-order chi connectivity index (χ1) is 10.3. The molecule has 0 aliphatic carbocycles. The fourth-order valence-electron chi connectivity index (χ4n) is 3.87. The average Bonchev–Trinajstić information content (AvgIpc) is 2.96. The summed E-state index contributed by atoms with van der Waals surface area (Å²) in [4.78, 5) is 17.1. The number of morpholine rings is 1. The zero-order chi connectivity index (χ0) is 14.7. The summed E-state index contributed by atoms with van der Waals surface area (Å²) in [6.45, 7) is 7.80. The van der Waals surface area contributed by atoms with E-state index in [0.29, 0.717) is 6.04 Å². The molecule has 120 valence electrons. The highest BCUT2D eigenvalue weighted by atomic mass is 16.5. The summed E-state index contributed by atoms with van der Waals surface area (Å²) in [6, 6.07) is 0.666. The Morgan fingerprint density at radius 2 is 2.14 bits per heavy atom. The van der Waals surface area contributed by atoms with Gasteiger partial charge in [0.1, 0.15) is 0 Å². The lowest BCUT2D eigenvalue weighted by Gasteiger charge is -2.39. The van der Waals surface area contributed by atoms with Crippen molar-refractivity contribution < 1.29 is 9.53 Å². The second-order valence-corrected chi connectivity index (χ2v) is 6.68. The molecule has 0 aromatic carbocycles. The minimum atomic E-state index is 0.0295. The van der Waals surface area contributed by atoms with E-state index in [1.807, 2.05) is 4.90 Å². The molecule has 0 aromatic heterocycles. The van der Waals surface area contributed by atoms with Crippen LogP contribution in [0.2, 0.25) is 0 Å². The SMILES string of the molecule is CCCNC1CCCN(CC2CN3CCCC3CO2)C1=O. The van der Waals surface area contributed by atoms with E-state index in [2.05, 4.69) is 17.1 Å². The number of piperidine rings is 1. The molecule has 3 unspecified atom stereocenters. The van der Waals surface area contributed by atoms with E-state index in [0.717, 1.165) is 52.0 Å². The van der Waals surface area contributed by atoms with Gasteiger partial charge in [-0.1, -0.05) is 6.92 Å². The number of fused-ring (bicyclic) bond motifs is 1. The van der Waals surface area contributed by atoms with Crippen molar-refractivity contribution in [3.05, 3.63) is 0 Å². The van der Waals surface area contributed by atoms with Crippen LogP contribution in [0.4, 0.5) is 0 Å². The molecule has 3 heterocycles. The van der Waals surface area contributed by atoms with E-state index in [1.54, 1.807) is 0 Å². The Labute approximate surface area is 128 Å². The Morgan fingerprint density at radius 1 is 1.29 bits per heavy atom. The highest BCUT2D eigenvalue weighted by Gasteiger charge is 2.35. The van der Waals surface area contributed by atoms with Gasteiger partial charge in [0.05, 0.1) is 18.8 Å². The van der Waals surface area contributed by atoms with Crippen molar-refractivity contribution in [1.82, 2.24) is 15.1 Å². The van der Waals surface area contributed by atoms with E-state index >= 15 is 0 Å². The summed E-state index contributed by atoms with van der Waals surface area (Å²) in [5, 5.41) is 3.38. The van der Waals surface area contributed by atoms with Gasteiger partial charge in [-0.3, -0.25) is 9.69 Å². The number of rotatable bonds is 5. The van der Waals surface area contributed by atoms with Gasteiger partial charge in [-0.05, 0) is 45.2 Å². The number of amides is 1. The molecule has 3 rings (SSSR count). The molecule has 0 saturated carbocycles. The molecule has 0 aromatic rings. The summed E-state index contributed by atoms with van der Waals surface area (Å²) >= 11 is 0. The molecular weight excluding hydrogens is 266 g/mol. The molecule has 5 heteroatoms. The van der Waals surface area contributed by atoms with Crippen molar-refractivity contribution in [2.75, 3.05) is 39.3 Å². The Kier molecular flexibility index (Phi) is 5.14. The molecule has 21 heavy (non-hydrogen) atoms. The molecular formula is C16H29N3O2. The van der Waals surface area contributed by atoms with Gasteiger partial charge in [-0.25, -0.2) is 0 Å². The molecule has 5 nitrogen and oxygen atoms in total. The Hall–Kier alpha value is -0.650. The molecule has 0 spiro atoms. The highest BCUT2D eigenvalue weighted by molar-refractivity contribution is 5.82. The van der Waals surface area contributed by atoms with Crippen LogP contribution in [0.5, 0.6) is 0 Å². The van der Waals surface area contributed by atoms with E-state index < -0.39 is 0 Å². The lowest BCUT2D eigenvalue weighted by molar-refractivity contribution is -0.140. The molecule has 3 saturated heterocycles. The van der Waals surface area contributed by atoms with Gasteiger partial charge < -0.3 is 15.0 Å². The summed E-state index contributed by atoms with van der Waals surface area (Å²) < 4.78 is 6.00. The van der Waals surface area contributed by atoms with Crippen LogP contribution in [0.15, 0.2) is 0 Å². The molecule has 1 amide bonds. The third-order valence-corrected chi connectivity index (χ3v) is 5.06. The number of carbonyl (C=O) groups is 1. The standard InChI is InChI=1S/C16H29N3O2/c1-2-7-17-15-6-4-9-19(16(15)20)11-14-10-18-8-3-5-13(18)12-21-14/h13-15,17H,2-12H2,1H3. The fourth-order valence-corrected chi connectivity index (χ4v) is 3.87. The molecule has 3 fully saturated rings. The number of nitrogens with zero attached hydrogens (tertiary/aromatic N) is 2. The minimum absolute atomic E-state index is 0.0295. The second kappa shape index (κ2) is 7.07. The van der Waals surface area contributed by atoms with Crippen LogP contribution >= 0.6 is 0 Å². The average molecular weight is 295 g/mol. The van der Waals surface area contributed by atoms with Gasteiger partial charge in [0, 0.05) is 25.7 Å². The highest BCUT2D eigenvalue weighted by Crippen LogP contribution is 2.23. The third kappa shape index (κ3) is 3.58. The summed E-state index contributed by atoms with van der Waals surface area (Å²) in [6.07, 6.45) is 5.94.